The minimum Gasteiger partial charge on any atom is -0.497 e. The summed E-state index contributed by atoms with van der Waals surface area (Å²) in [6.45, 7) is 0.459. The molecular formula is C16H16ClNO4. The molecule has 2 aromatic carbocycles. The molecule has 5 nitrogen and oxygen atoms in total. The number of methoxy groups -OCH3 is 2. The van der Waals surface area contributed by atoms with Crippen molar-refractivity contribution in [2.75, 3.05) is 19.5 Å². The molecule has 0 saturated carbocycles. The Morgan fingerprint density at radius 1 is 1.18 bits per heavy atom. The van der Waals surface area contributed by atoms with Crippen molar-refractivity contribution in [1.29, 1.82) is 0 Å². The van der Waals surface area contributed by atoms with Crippen LogP contribution in [0.5, 0.6) is 11.5 Å². The lowest BCUT2D eigenvalue weighted by Crippen LogP contribution is -2.04. The van der Waals surface area contributed by atoms with Crippen molar-refractivity contribution in [2.24, 2.45) is 0 Å². The number of carbonyl (C=O) groups is 1. The van der Waals surface area contributed by atoms with Gasteiger partial charge in [-0.1, -0.05) is 11.6 Å². The molecule has 0 saturated heterocycles. The third-order valence-corrected chi connectivity index (χ3v) is 3.50. The highest BCUT2D eigenvalue weighted by atomic mass is 35.5. The number of carboxylic acids is 1. The molecule has 22 heavy (non-hydrogen) atoms. The van der Waals surface area contributed by atoms with Gasteiger partial charge in [0.05, 0.1) is 24.8 Å². The monoisotopic (exact) mass is 321 g/mol. The van der Waals surface area contributed by atoms with Crippen molar-refractivity contribution in [2.45, 2.75) is 6.54 Å². The second kappa shape index (κ2) is 7.04. The van der Waals surface area contributed by atoms with Crippen LogP contribution in [-0.4, -0.2) is 25.3 Å². The SMILES string of the molecule is COc1ccc(OC)c(CNc2ccc(Cl)c(C(=O)O)c2)c1. The van der Waals surface area contributed by atoms with E-state index in [1.807, 2.05) is 18.2 Å². The summed E-state index contributed by atoms with van der Waals surface area (Å²) in [7, 11) is 3.19. The second-order valence-electron chi connectivity index (χ2n) is 4.53. The molecule has 2 N–H and O–H groups in total. The van der Waals surface area contributed by atoms with Crippen molar-refractivity contribution in [3.63, 3.8) is 0 Å². The van der Waals surface area contributed by atoms with Crippen LogP contribution in [0, 0.1) is 0 Å². The highest BCUT2D eigenvalue weighted by Crippen LogP contribution is 2.26. The van der Waals surface area contributed by atoms with Gasteiger partial charge < -0.3 is 19.9 Å². The van der Waals surface area contributed by atoms with Crippen LogP contribution in [0.3, 0.4) is 0 Å². The van der Waals surface area contributed by atoms with Crippen LogP contribution >= 0.6 is 11.6 Å². The van der Waals surface area contributed by atoms with Gasteiger partial charge in [-0.2, -0.15) is 0 Å². The van der Waals surface area contributed by atoms with Gasteiger partial charge in [-0.25, -0.2) is 4.79 Å². The maximum atomic E-state index is 11.1. The standard InChI is InChI=1S/C16H16ClNO4/c1-21-12-4-6-15(22-2)10(7-12)9-18-11-3-5-14(17)13(8-11)16(19)20/h3-8,18H,9H2,1-2H3,(H,19,20). The number of nitrogens with one attached hydrogen (secondary N) is 1. The van der Waals surface area contributed by atoms with Crippen LogP contribution < -0.4 is 14.8 Å². The van der Waals surface area contributed by atoms with Gasteiger partial charge in [0.2, 0.25) is 0 Å². The number of aromatic carboxylic acids is 1. The van der Waals surface area contributed by atoms with Crippen LogP contribution in [0.1, 0.15) is 15.9 Å². The fourth-order valence-electron chi connectivity index (χ4n) is 2.02. The molecule has 2 rings (SSSR count). The Bertz CT molecular complexity index is 688. The minimum absolute atomic E-state index is 0.0595. The van der Waals surface area contributed by atoms with Crippen LogP contribution in [0.15, 0.2) is 36.4 Å². The lowest BCUT2D eigenvalue weighted by Gasteiger charge is -2.12. The number of ether oxygens (including phenoxy) is 2. The van der Waals surface area contributed by atoms with Crippen molar-refractivity contribution in [1.82, 2.24) is 0 Å². The zero-order chi connectivity index (χ0) is 16.1. The van der Waals surface area contributed by atoms with Gasteiger partial charge in [0, 0.05) is 17.8 Å². The van der Waals surface area contributed by atoms with Gasteiger partial charge in [0.25, 0.3) is 0 Å². The maximum Gasteiger partial charge on any atom is 0.337 e. The molecule has 0 aliphatic rings. The Morgan fingerprint density at radius 3 is 2.59 bits per heavy atom. The van der Waals surface area contributed by atoms with Gasteiger partial charge in [-0.05, 0) is 36.4 Å². The zero-order valence-corrected chi connectivity index (χ0v) is 13.0. The van der Waals surface area contributed by atoms with E-state index in [0.29, 0.717) is 12.2 Å². The number of hydrogen-bond donors (Lipinski definition) is 2. The molecule has 0 amide bonds. The average molecular weight is 322 g/mol. The number of rotatable bonds is 6. The van der Waals surface area contributed by atoms with Crippen LogP contribution in [0.2, 0.25) is 5.02 Å². The van der Waals surface area contributed by atoms with Crippen LogP contribution in [-0.2, 0) is 6.54 Å². The minimum atomic E-state index is -1.06. The van der Waals surface area contributed by atoms with E-state index in [4.69, 9.17) is 26.2 Å². The number of anilines is 1. The molecule has 0 atom stereocenters. The molecular weight excluding hydrogens is 306 g/mol. The quantitative estimate of drug-likeness (QED) is 0.849. The fourth-order valence-corrected chi connectivity index (χ4v) is 2.21. The van der Waals surface area contributed by atoms with E-state index in [1.54, 1.807) is 26.4 Å². The predicted octanol–water partition coefficient (Wildman–Crippen LogP) is 3.67. The van der Waals surface area contributed by atoms with Crippen molar-refractivity contribution < 1.29 is 19.4 Å². The molecule has 0 radical (unpaired) electrons. The summed E-state index contributed by atoms with van der Waals surface area (Å²) in [4.78, 5) is 11.1. The van der Waals surface area contributed by atoms with Gasteiger partial charge in [-0.3, -0.25) is 0 Å². The van der Waals surface area contributed by atoms with Gasteiger partial charge in [-0.15, -0.1) is 0 Å². The Morgan fingerprint density at radius 2 is 1.95 bits per heavy atom. The summed E-state index contributed by atoms with van der Waals surface area (Å²) in [5.74, 6) is 0.383. The summed E-state index contributed by atoms with van der Waals surface area (Å²) in [6, 6.07) is 10.3. The molecule has 0 aromatic heterocycles. The molecule has 0 spiro atoms. The smallest absolute Gasteiger partial charge is 0.337 e. The van der Waals surface area contributed by atoms with Crippen LogP contribution in [0.25, 0.3) is 0 Å². The van der Waals surface area contributed by atoms with Crippen molar-refractivity contribution in [3.05, 3.63) is 52.5 Å². The molecule has 0 aliphatic heterocycles. The van der Waals surface area contributed by atoms with Gasteiger partial charge >= 0.3 is 5.97 Å². The van der Waals surface area contributed by atoms with E-state index in [9.17, 15) is 4.79 Å². The molecule has 0 aliphatic carbocycles. The third kappa shape index (κ3) is 3.62. The first-order chi connectivity index (χ1) is 10.5. The molecule has 0 bridgehead atoms. The van der Waals surface area contributed by atoms with Gasteiger partial charge in [0.1, 0.15) is 11.5 Å². The Balaban J connectivity index is 2.19. The predicted molar refractivity (Wildman–Crippen MR) is 85.3 cm³/mol. The van der Waals surface area contributed by atoms with E-state index in [1.165, 1.54) is 6.07 Å². The van der Waals surface area contributed by atoms with E-state index >= 15 is 0 Å². The Hall–Kier alpha value is -2.40. The average Bonchev–Trinajstić information content (AvgIpc) is 2.53. The van der Waals surface area contributed by atoms with Crippen molar-refractivity contribution in [3.8, 4) is 11.5 Å². The maximum absolute atomic E-state index is 11.1. The zero-order valence-electron chi connectivity index (χ0n) is 12.2. The topological polar surface area (TPSA) is 67.8 Å². The lowest BCUT2D eigenvalue weighted by atomic mass is 10.1. The first kappa shape index (κ1) is 16.0. The molecule has 116 valence electrons. The highest BCUT2D eigenvalue weighted by molar-refractivity contribution is 6.33. The number of carboxylic acid groups (broad SMARTS) is 1. The van der Waals surface area contributed by atoms with Crippen LogP contribution in [0.4, 0.5) is 5.69 Å². The van der Waals surface area contributed by atoms with E-state index < -0.39 is 5.97 Å². The van der Waals surface area contributed by atoms with Gasteiger partial charge in [0.15, 0.2) is 0 Å². The van der Waals surface area contributed by atoms with E-state index in [-0.39, 0.29) is 10.6 Å². The first-order valence-corrected chi connectivity index (χ1v) is 6.90. The molecule has 0 unspecified atom stereocenters. The highest BCUT2D eigenvalue weighted by Gasteiger charge is 2.10. The third-order valence-electron chi connectivity index (χ3n) is 3.17. The van der Waals surface area contributed by atoms with E-state index in [0.717, 1.165) is 17.1 Å². The summed E-state index contributed by atoms with van der Waals surface area (Å²) >= 11 is 5.85. The summed E-state index contributed by atoms with van der Waals surface area (Å²) in [5.41, 5.74) is 1.62. The molecule has 6 heteroatoms. The fraction of sp³-hybridized carbons (Fsp3) is 0.188. The first-order valence-electron chi connectivity index (χ1n) is 6.52. The summed E-state index contributed by atoms with van der Waals surface area (Å²) in [5, 5.41) is 12.4. The number of halogens is 1. The summed E-state index contributed by atoms with van der Waals surface area (Å²) < 4.78 is 10.5. The molecule has 0 fully saturated rings. The second-order valence-corrected chi connectivity index (χ2v) is 4.94. The number of hydrogen-bond acceptors (Lipinski definition) is 4. The van der Waals surface area contributed by atoms with E-state index in [2.05, 4.69) is 5.32 Å². The largest absolute Gasteiger partial charge is 0.497 e. The molecule has 2 aromatic rings. The molecule has 0 heterocycles. The lowest BCUT2D eigenvalue weighted by molar-refractivity contribution is 0.0697. The van der Waals surface area contributed by atoms with Crippen molar-refractivity contribution >= 4 is 23.3 Å². The number of benzene rings is 2. The normalized spacial score (nSPS) is 10.1. The Labute approximate surface area is 133 Å². The summed E-state index contributed by atoms with van der Waals surface area (Å²) in [6.07, 6.45) is 0. The Kier molecular flexibility index (Phi) is 5.12.